The van der Waals surface area contributed by atoms with Gasteiger partial charge >= 0.3 is 0 Å². The molecule has 2 atom stereocenters. The van der Waals surface area contributed by atoms with Gasteiger partial charge in [0.25, 0.3) is 5.91 Å². The van der Waals surface area contributed by atoms with Crippen LogP contribution in [0.25, 0.3) is 0 Å². The molecule has 0 spiro atoms. The van der Waals surface area contributed by atoms with Gasteiger partial charge in [-0.3, -0.25) is 9.59 Å². The monoisotopic (exact) mass is 524 g/mol. The van der Waals surface area contributed by atoms with E-state index in [2.05, 4.69) is 0 Å². The minimum absolute atomic E-state index is 0.0573. The Morgan fingerprint density at radius 2 is 2.03 bits per heavy atom. The number of carbonyl (C=O) groups is 2. The van der Waals surface area contributed by atoms with Crippen molar-refractivity contribution in [3.05, 3.63) is 75.7 Å². The lowest BCUT2D eigenvalue weighted by Gasteiger charge is -2.38. The number of hydrogen-bond acceptors (Lipinski definition) is 6. The van der Waals surface area contributed by atoms with E-state index in [1.165, 1.54) is 17.0 Å². The molecule has 37 heavy (non-hydrogen) atoms. The number of benzene rings is 2. The summed E-state index contributed by atoms with van der Waals surface area (Å²) < 4.78 is 30.4. The third-order valence-electron chi connectivity index (χ3n) is 6.93. The molecule has 194 valence electrons. The number of thiophene rings is 1. The number of halogens is 1. The molecule has 0 radical (unpaired) electrons. The fourth-order valence-electron chi connectivity index (χ4n) is 4.69. The Morgan fingerprint density at radius 1 is 1.19 bits per heavy atom. The number of carbonyl (C=O) groups excluding carboxylic acids is 2. The predicted octanol–water partition coefficient (Wildman–Crippen LogP) is 5.06. The molecule has 0 saturated heterocycles. The molecule has 7 nitrogen and oxygen atoms in total. The van der Waals surface area contributed by atoms with Gasteiger partial charge in [-0.25, -0.2) is 4.39 Å². The van der Waals surface area contributed by atoms with Gasteiger partial charge in [-0.2, -0.15) is 0 Å². The highest BCUT2D eigenvalue weighted by atomic mass is 32.1. The molecule has 2 aliphatic rings. The summed E-state index contributed by atoms with van der Waals surface area (Å²) in [6.07, 6.45) is 1.44. The molecule has 5 rings (SSSR count). The van der Waals surface area contributed by atoms with Crippen LogP contribution in [0.4, 0.5) is 4.39 Å². The van der Waals surface area contributed by atoms with Crippen LogP contribution in [0.5, 0.6) is 17.2 Å². The van der Waals surface area contributed by atoms with Gasteiger partial charge in [-0.15, -0.1) is 11.3 Å². The Balaban J connectivity index is 1.36. The van der Waals surface area contributed by atoms with Crippen molar-refractivity contribution in [3.8, 4) is 17.2 Å². The van der Waals surface area contributed by atoms with Gasteiger partial charge in [0, 0.05) is 29.1 Å². The van der Waals surface area contributed by atoms with Crippen LogP contribution in [0.15, 0.2) is 53.9 Å². The molecular weight excluding hydrogens is 495 g/mol. The molecule has 2 unspecified atom stereocenters. The van der Waals surface area contributed by atoms with E-state index in [0.29, 0.717) is 35.8 Å². The summed E-state index contributed by atoms with van der Waals surface area (Å²) in [4.78, 5) is 31.9. The van der Waals surface area contributed by atoms with Crippen molar-refractivity contribution >= 4 is 23.2 Å². The third kappa shape index (κ3) is 5.27. The van der Waals surface area contributed by atoms with Crippen LogP contribution in [0, 0.1) is 5.82 Å². The van der Waals surface area contributed by atoms with Gasteiger partial charge in [-0.1, -0.05) is 13.0 Å². The molecule has 2 aromatic carbocycles. The van der Waals surface area contributed by atoms with Crippen molar-refractivity contribution in [3.63, 3.8) is 0 Å². The minimum atomic E-state index is -0.378. The minimum Gasteiger partial charge on any atom is -0.491 e. The molecular formula is C28H29FN2O5S. The highest BCUT2D eigenvalue weighted by Crippen LogP contribution is 2.35. The largest absolute Gasteiger partial charge is 0.491 e. The van der Waals surface area contributed by atoms with Crippen molar-refractivity contribution in [1.29, 1.82) is 0 Å². The summed E-state index contributed by atoms with van der Waals surface area (Å²) in [5, 5.41) is 2.02. The number of hydrogen-bond donors (Lipinski definition) is 0. The van der Waals surface area contributed by atoms with Gasteiger partial charge in [0.1, 0.15) is 24.7 Å². The van der Waals surface area contributed by atoms with Crippen LogP contribution in [0.1, 0.15) is 47.1 Å². The molecule has 0 fully saturated rings. The number of ether oxygens (including phenoxy) is 3. The van der Waals surface area contributed by atoms with Crippen molar-refractivity contribution in [2.24, 2.45) is 0 Å². The van der Waals surface area contributed by atoms with E-state index in [1.807, 2.05) is 25.3 Å². The maximum Gasteiger partial charge on any atom is 0.254 e. The molecule has 1 aromatic heterocycles. The van der Waals surface area contributed by atoms with Crippen molar-refractivity contribution in [1.82, 2.24) is 9.80 Å². The van der Waals surface area contributed by atoms with Gasteiger partial charge in [0.05, 0.1) is 6.04 Å². The summed E-state index contributed by atoms with van der Waals surface area (Å²) in [6.45, 7) is 4.71. The lowest BCUT2D eigenvalue weighted by Crippen LogP contribution is -2.49. The second-order valence-electron chi connectivity index (χ2n) is 9.18. The SMILES string of the molecule is CCC(C)N(CC(=O)N1CCc2sccc2C1COc1cccc(F)c1)C(=O)c1ccc2c(c1)OCO2. The van der Waals surface area contributed by atoms with E-state index < -0.39 is 0 Å². The second kappa shape index (κ2) is 10.8. The highest BCUT2D eigenvalue weighted by Gasteiger charge is 2.34. The topological polar surface area (TPSA) is 68.3 Å². The van der Waals surface area contributed by atoms with Crippen molar-refractivity contribution < 1.29 is 28.2 Å². The number of rotatable bonds is 8. The molecule has 9 heteroatoms. The van der Waals surface area contributed by atoms with E-state index in [9.17, 15) is 14.0 Å². The summed E-state index contributed by atoms with van der Waals surface area (Å²) in [6, 6.07) is 12.6. The van der Waals surface area contributed by atoms with Gasteiger partial charge in [0.15, 0.2) is 11.5 Å². The Bertz CT molecular complexity index is 1300. The molecule has 0 aliphatic carbocycles. The zero-order chi connectivity index (χ0) is 25.9. The predicted molar refractivity (Wildman–Crippen MR) is 138 cm³/mol. The zero-order valence-corrected chi connectivity index (χ0v) is 21.6. The van der Waals surface area contributed by atoms with E-state index in [1.54, 1.807) is 51.5 Å². The third-order valence-corrected chi connectivity index (χ3v) is 7.92. The maximum atomic E-state index is 13.7. The second-order valence-corrected chi connectivity index (χ2v) is 10.2. The Hall–Kier alpha value is -3.59. The first kappa shape index (κ1) is 25.1. The average Bonchev–Trinajstić information content (AvgIpc) is 3.58. The first-order chi connectivity index (χ1) is 17.9. The van der Waals surface area contributed by atoms with E-state index in [4.69, 9.17) is 14.2 Å². The summed E-state index contributed by atoms with van der Waals surface area (Å²) in [5.74, 6) is 0.770. The highest BCUT2D eigenvalue weighted by molar-refractivity contribution is 7.10. The van der Waals surface area contributed by atoms with Gasteiger partial charge in [-0.05, 0) is 67.1 Å². The Labute approximate surface area is 219 Å². The maximum absolute atomic E-state index is 13.7. The smallest absolute Gasteiger partial charge is 0.254 e. The van der Waals surface area contributed by atoms with Crippen molar-refractivity contribution in [2.45, 2.75) is 38.8 Å². The molecule has 3 heterocycles. The van der Waals surface area contributed by atoms with E-state index in [0.717, 1.165) is 12.0 Å². The number of nitrogens with zero attached hydrogens (tertiary/aromatic N) is 2. The first-order valence-electron chi connectivity index (χ1n) is 12.4. The molecule has 2 aliphatic heterocycles. The van der Waals surface area contributed by atoms with Crippen molar-refractivity contribution in [2.75, 3.05) is 26.5 Å². The van der Waals surface area contributed by atoms with Gasteiger partial charge < -0.3 is 24.0 Å². The van der Waals surface area contributed by atoms with Crippen LogP contribution < -0.4 is 14.2 Å². The lowest BCUT2D eigenvalue weighted by atomic mass is 10.00. The summed E-state index contributed by atoms with van der Waals surface area (Å²) in [5.41, 5.74) is 1.49. The Kier molecular flexibility index (Phi) is 7.32. The molecule has 2 amide bonds. The molecule has 0 saturated carbocycles. The van der Waals surface area contributed by atoms with E-state index in [-0.39, 0.29) is 49.7 Å². The normalized spacial score (nSPS) is 16.7. The fourth-order valence-corrected chi connectivity index (χ4v) is 5.61. The zero-order valence-electron chi connectivity index (χ0n) is 20.8. The van der Waals surface area contributed by atoms with Crippen LogP contribution in [-0.4, -0.2) is 54.1 Å². The molecule has 0 bridgehead atoms. The van der Waals surface area contributed by atoms with Crippen LogP contribution in [0.2, 0.25) is 0 Å². The average molecular weight is 525 g/mol. The molecule has 0 N–H and O–H groups in total. The Morgan fingerprint density at radius 3 is 2.84 bits per heavy atom. The lowest BCUT2D eigenvalue weighted by molar-refractivity contribution is -0.136. The van der Waals surface area contributed by atoms with Gasteiger partial charge in [0.2, 0.25) is 12.7 Å². The first-order valence-corrected chi connectivity index (χ1v) is 13.3. The van der Waals surface area contributed by atoms with Crippen LogP contribution >= 0.6 is 11.3 Å². The fraction of sp³-hybridized carbons (Fsp3) is 0.357. The number of fused-ring (bicyclic) bond motifs is 2. The quantitative estimate of drug-likeness (QED) is 0.412. The van der Waals surface area contributed by atoms with E-state index >= 15 is 0 Å². The standard InChI is InChI=1S/C28H29FN2O5S/c1-3-18(2)31(28(33)19-7-8-24-25(13-19)36-17-35-24)15-27(32)30-11-9-26-22(10-12-37-26)23(30)16-34-21-6-4-5-20(29)14-21/h4-8,10,12-14,18,23H,3,9,11,15-17H2,1-2H3. The van der Waals surface area contributed by atoms with Crippen LogP contribution in [0.3, 0.4) is 0 Å². The molecule has 3 aromatic rings. The van der Waals surface area contributed by atoms with Crippen LogP contribution in [-0.2, 0) is 11.2 Å². The summed E-state index contributed by atoms with van der Waals surface area (Å²) in [7, 11) is 0. The number of amides is 2. The summed E-state index contributed by atoms with van der Waals surface area (Å²) >= 11 is 1.66.